The Bertz CT molecular complexity index is 1330. The Labute approximate surface area is 184 Å². The molecule has 0 aliphatic carbocycles. The Kier molecular flexibility index (Phi) is 5.91. The highest BCUT2D eigenvalue weighted by atomic mass is 32.2. The number of hydrogen-bond acceptors (Lipinski definition) is 6. The van der Waals surface area contributed by atoms with Crippen molar-refractivity contribution < 1.29 is 22.5 Å². The average Bonchev–Trinajstić information content (AvgIpc) is 3.19. The molecular weight excluding hydrogens is 430 g/mol. The molecule has 0 aliphatic heterocycles. The topological polar surface area (TPSA) is 111 Å². The minimum atomic E-state index is -3.83. The monoisotopic (exact) mass is 449 g/mol. The van der Waals surface area contributed by atoms with Crippen molar-refractivity contribution in [1.29, 1.82) is 0 Å². The molecular formula is C23H19N3O5S. The average molecular weight is 449 g/mol. The van der Waals surface area contributed by atoms with E-state index < -0.39 is 10.0 Å². The number of sulfonamides is 1. The van der Waals surface area contributed by atoms with Gasteiger partial charge >= 0.3 is 0 Å². The van der Waals surface area contributed by atoms with Gasteiger partial charge in [-0.15, -0.1) is 0 Å². The van der Waals surface area contributed by atoms with Crippen LogP contribution in [-0.2, 0) is 10.0 Å². The number of ether oxygens (including phenoxy) is 1. The maximum Gasteiger partial charge on any atom is 0.263 e. The summed E-state index contributed by atoms with van der Waals surface area (Å²) in [6.45, 7) is 1.66. The number of carbonyl (C=O) groups is 1. The van der Waals surface area contributed by atoms with Crippen LogP contribution in [0.4, 0.5) is 11.5 Å². The maximum absolute atomic E-state index is 12.6. The van der Waals surface area contributed by atoms with Crippen molar-refractivity contribution >= 4 is 27.4 Å². The molecule has 0 unspecified atom stereocenters. The molecule has 0 atom stereocenters. The summed E-state index contributed by atoms with van der Waals surface area (Å²) < 4.78 is 37.9. The SMILES string of the molecule is Cc1cc(NS(=O)(=O)c2ccc(NC(=O)c3cccc(Oc4ccccc4)c3)cc2)no1. The predicted octanol–water partition coefficient (Wildman–Crippen LogP) is 4.83. The molecule has 1 amide bonds. The van der Waals surface area contributed by atoms with Gasteiger partial charge < -0.3 is 14.6 Å². The number of rotatable bonds is 7. The second kappa shape index (κ2) is 8.94. The summed E-state index contributed by atoms with van der Waals surface area (Å²) in [5.74, 6) is 1.42. The predicted molar refractivity (Wildman–Crippen MR) is 119 cm³/mol. The van der Waals surface area contributed by atoms with Crippen molar-refractivity contribution in [3.8, 4) is 11.5 Å². The van der Waals surface area contributed by atoms with Crippen molar-refractivity contribution in [2.24, 2.45) is 0 Å². The van der Waals surface area contributed by atoms with Crippen LogP contribution in [0.3, 0.4) is 0 Å². The highest BCUT2D eigenvalue weighted by Gasteiger charge is 2.16. The number of amides is 1. The molecule has 0 radical (unpaired) electrons. The number of nitrogens with one attached hydrogen (secondary N) is 2. The lowest BCUT2D eigenvalue weighted by molar-refractivity contribution is 0.102. The highest BCUT2D eigenvalue weighted by molar-refractivity contribution is 7.92. The number of nitrogens with zero attached hydrogens (tertiary/aromatic N) is 1. The third-order valence-corrected chi connectivity index (χ3v) is 5.74. The second-order valence-corrected chi connectivity index (χ2v) is 8.53. The summed E-state index contributed by atoms with van der Waals surface area (Å²) in [5.41, 5.74) is 0.846. The number of aromatic nitrogens is 1. The summed E-state index contributed by atoms with van der Waals surface area (Å²) in [5, 5.41) is 6.36. The molecule has 4 rings (SSSR count). The fraction of sp³-hybridized carbons (Fsp3) is 0.0435. The molecule has 8 nitrogen and oxygen atoms in total. The first-order chi connectivity index (χ1) is 15.4. The zero-order valence-corrected chi connectivity index (χ0v) is 17.8. The third kappa shape index (κ3) is 5.13. The van der Waals surface area contributed by atoms with Gasteiger partial charge in [-0.25, -0.2) is 8.42 Å². The lowest BCUT2D eigenvalue weighted by Gasteiger charge is -2.09. The van der Waals surface area contributed by atoms with E-state index in [1.54, 1.807) is 31.2 Å². The maximum atomic E-state index is 12.6. The first kappa shape index (κ1) is 21.1. The highest BCUT2D eigenvalue weighted by Crippen LogP contribution is 2.23. The van der Waals surface area contributed by atoms with Crippen LogP contribution in [0.5, 0.6) is 11.5 Å². The van der Waals surface area contributed by atoms with Gasteiger partial charge in [0, 0.05) is 17.3 Å². The van der Waals surface area contributed by atoms with Gasteiger partial charge in [0.2, 0.25) is 0 Å². The van der Waals surface area contributed by atoms with E-state index in [1.165, 1.54) is 30.3 Å². The molecule has 1 heterocycles. The van der Waals surface area contributed by atoms with Crippen LogP contribution in [0.1, 0.15) is 16.1 Å². The van der Waals surface area contributed by atoms with E-state index in [0.717, 1.165) is 0 Å². The van der Waals surface area contributed by atoms with Crippen LogP contribution in [0.15, 0.2) is 94.3 Å². The zero-order chi connectivity index (χ0) is 22.6. The van der Waals surface area contributed by atoms with E-state index >= 15 is 0 Å². The molecule has 32 heavy (non-hydrogen) atoms. The minimum Gasteiger partial charge on any atom is -0.457 e. The standard InChI is InChI=1S/C23H19N3O5S/c1-16-14-22(25-31-16)26-32(28,29)21-12-10-18(11-13-21)24-23(27)17-6-5-9-20(15-17)30-19-7-3-2-4-8-19/h2-15H,1H3,(H,24,27)(H,25,26). The largest absolute Gasteiger partial charge is 0.457 e. The lowest BCUT2D eigenvalue weighted by Crippen LogP contribution is -2.14. The number of carbonyl (C=O) groups excluding carboxylic acids is 1. The molecule has 0 saturated heterocycles. The fourth-order valence-electron chi connectivity index (χ4n) is 2.86. The molecule has 0 spiro atoms. The molecule has 9 heteroatoms. The van der Waals surface area contributed by atoms with Crippen LogP contribution in [0.2, 0.25) is 0 Å². The summed E-state index contributed by atoms with van der Waals surface area (Å²) in [7, 11) is -3.83. The van der Waals surface area contributed by atoms with E-state index in [2.05, 4.69) is 15.2 Å². The lowest BCUT2D eigenvalue weighted by atomic mass is 10.2. The van der Waals surface area contributed by atoms with Gasteiger partial charge in [0.05, 0.1) is 4.90 Å². The molecule has 162 valence electrons. The summed E-state index contributed by atoms with van der Waals surface area (Å²) in [6, 6.07) is 23.3. The molecule has 1 aromatic heterocycles. The van der Waals surface area contributed by atoms with E-state index in [0.29, 0.717) is 28.5 Å². The molecule has 3 aromatic carbocycles. The third-order valence-electron chi connectivity index (χ3n) is 4.36. The number of aryl methyl sites for hydroxylation is 1. The van der Waals surface area contributed by atoms with Crippen molar-refractivity contribution in [3.63, 3.8) is 0 Å². The van der Waals surface area contributed by atoms with E-state index in [4.69, 9.17) is 9.26 Å². The van der Waals surface area contributed by atoms with Gasteiger partial charge in [-0.1, -0.05) is 29.4 Å². The van der Waals surface area contributed by atoms with Crippen LogP contribution < -0.4 is 14.8 Å². The zero-order valence-electron chi connectivity index (χ0n) is 17.0. The van der Waals surface area contributed by atoms with Gasteiger partial charge in [-0.05, 0) is 61.5 Å². The summed E-state index contributed by atoms with van der Waals surface area (Å²) in [6.07, 6.45) is 0. The normalized spacial score (nSPS) is 11.0. The van der Waals surface area contributed by atoms with Gasteiger partial charge in [-0.2, -0.15) is 0 Å². The minimum absolute atomic E-state index is 0.0226. The smallest absolute Gasteiger partial charge is 0.263 e. The van der Waals surface area contributed by atoms with Crippen LogP contribution >= 0.6 is 0 Å². The number of anilines is 2. The van der Waals surface area contributed by atoms with Crippen molar-refractivity contribution in [2.45, 2.75) is 11.8 Å². The fourth-order valence-corrected chi connectivity index (χ4v) is 3.84. The Morgan fingerprint density at radius 3 is 2.31 bits per heavy atom. The van der Waals surface area contributed by atoms with E-state index in [9.17, 15) is 13.2 Å². The summed E-state index contributed by atoms with van der Waals surface area (Å²) in [4.78, 5) is 12.7. The van der Waals surface area contributed by atoms with Gasteiger partial charge in [-0.3, -0.25) is 9.52 Å². The van der Waals surface area contributed by atoms with Crippen LogP contribution in [0.25, 0.3) is 0 Å². The van der Waals surface area contributed by atoms with Gasteiger partial charge in [0.25, 0.3) is 15.9 Å². The Morgan fingerprint density at radius 2 is 1.62 bits per heavy atom. The molecule has 4 aromatic rings. The molecule has 2 N–H and O–H groups in total. The molecule has 0 bridgehead atoms. The van der Waals surface area contributed by atoms with Crippen molar-refractivity contribution in [1.82, 2.24) is 5.16 Å². The van der Waals surface area contributed by atoms with Crippen LogP contribution in [0, 0.1) is 6.92 Å². The number of benzene rings is 3. The van der Waals surface area contributed by atoms with E-state index in [1.807, 2.05) is 30.3 Å². The van der Waals surface area contributed by atoms with Crippen molar-refractivity contribution in [3.05, 3.63) is 96.3 Å². The van der Waals surface area contributed by atoms with Gasteiger partial charge in [0.1, 0.15) is 17.3 Å². The second-order valence-electron chi connectivity index (χ2n) is 6.85. The Balaban J connectivity index is 1.43. The number of para-hydroxylation sites is 1. The Morgan fingerprint density at radius 1 is 0.906 bits per heavy atom. The molecule has 0 fully saturated rings. The number of hydrogen-bond donors (Lipinski definition) is 2. The van der Waals surface area contributed by atoms with E-state index in [-0.39, 0.29) is 16.6 Å². The van der Waals surface area contributed by atoms with Crippen molar-refractivity contribution in [2.75, 3.05) is 10.0 Å². The Hall–Kier alpha value is -4.11. The van der Waals surface area contributed by atoms with Gasteiger partial charge in [0.15, 0.2) is 5.82 Å². The quantitative estimate of drug-likeness (QED) is 0.418. The first-order valence-electron chi connectivity index (χ1n) is 9.60. The first-order valence-corrected chi connectivity index (χ1v) is 11.1. The molecule has 0 aliphatic rings. The van der Waals surface area contributed by atoms with Crippen LogP contribution in [-0.4, -0.2) is 19.5 Å². The summed E-state index contributed by atoms with van der Waals surface area (Å²) >= 11 is 0. The molecule has 0 saturated carbocycles.